The fraction of sp³-hybridized carbons (Fsp3) is 0.667. The second-order valence-corrected chi connectivity index (χ2v) is 4.57. The van der Waals surface area contributed by atoms with Gasteiger partial charge in [-0.2, -0.15) is 0 Å². The minimum Gasteiger partial charge on any atom is -0.445 e. The van der Waals surface area contributed by atoms with Crippen LogP contribution < -0.4 is 51.4 Å². The number of ether oxygens (including phenoxy) is 1. The maximum absolute atomic E-state index is 12.2. The molecule has 0 aliphatic rings. The summed E-state index contributed by atoms with van der Waals surface area (Å²) in [7, 11) is 1.24. The van der Waals surface area contributed by atoms with Gasteiger partial charge in [0, 0.05) is 13.6 Å². The predicted molar refractivity (Wildman–Crippen MR) is 57.1 cm³/mol. The Morgan fingerprint density at radius 2 is 1.76 bits per heavy atom. The molecule has 0 aromatic carbocycles. The number of likely N-dealkylation sites (N-methyl/N-ethyl adjacent to an activating group) is 1. The first-order chi connectivity index (χ1) is 6.93. The molecule has 3 nitrogen and oxygen atoms in total. The standard InChI is InChI=1S/C9H16BF3NO2.K/c1-7(10(11,12)13)6-14(5)8(15)16-9(2,3)4;/h1,6H2,2-5H3;/q-1;+1. The summed E-state index contributed by atoms with van der Waals surface area (Å²) in [5.74, 6) is 0. The summed E-state index contributed by atoms with van der Waals surface area (Å²) in [5.41, 5.74) is -1.65. The smallest absolute Gasteiger partial charge is 0.445 e. The monoisotopic (exact) mass is 277 g/mol. The van der Waals surface area contributed by atoms with Crippen LogP contribution in [0.4, 0.5) is 17.7 Å². The molecular formula is C9H16BF3KNO2. The average Bonchev–Trinajstić information content (AvgIpc) is 1.98. The quantitative estimate of drug-likeness (QED) is 0.669. The Morgan fingerprint density at radius 3 is 2.06 bits per heavy atom. The van der Waals surface area contributed by atoms with Crippen molar-refractivity contribution in [1.82, 2.24) is 4.90 Å². The van der Waals surface area contributed by atoms with Crippen LogP contribution in [-0.4, -0.2) is 37.2 Å². The van der Waals surface area contributed by atoms with Crippen LogP contribution >= 0.6 is 0 Å². The summed E-state index contributed by atoms with van der Waals surface area (Å²) < 4.78 is 41.5. The molecule has 0 radical (unpaired) electrons. The number of nitrogens with zero attached hydrogens (tertiary/aromatic N) is 1. The van der Waals surface area contributed by atoms with E-state index in [1.165, 1.54) is 7.05 Å². The Hall–Kier alpha value is 0.501. The molecule has 0 heterocycles. The number of rotatable bonds is 3. The average molecular weight is 277 g/mol. The second-order valence-electron chi connectivity index (χ2n) is 4.57. The van der Waals surface area contributed by atoms with Gasteiger partial charge in [0.25, 0.3) is 0 Å². The SMILES string of the molecule is C=C(CN(C)C(=O)OC(C)(C)C)[B-](F)(F)F.[K+]. The molecule has 0 bridgehead atoms. The van der Waals surface area contributed by atoms with Gasteiger partial charge in [0.15, 0.2) is 0 Å². The Labute approximate surface area is 142 Å². The Kier molecular flexibility index (Phi) is 8.38. The maximum Gasteiger partial charge on any atom is 1.00 e. The van der Waals surface area contributed by atoms with Crippen molar-refractivity contribution in [3.63, 3.8) is 0 Å². The largest absolute Gasteiger partial charge is 1.00 e. The summed E-state index contributed by atoms with van der Waals surface area (Å²) in [4.78, 5) is 12.2. The molecule has 94 valence electrons. The van der Waals surface area contributed by atoms with E-state index >= 15 is 0 Å². The van der Waals surface area contributed by atoms with Crippen LogP contribution in [0.25, 0.3) is 0 Å². The van der Waals surface area contributed by atoms with E-state index in [0.717, 1.165) is 4.90 Å². The van der Waals surface area contributed by atoms with E-state index in [2.05, 4.69) is 6.58 Å². The van der Waals surface area contributed by atoms with Crippen LogP contribution in [0, 0.1) is 0 Å². The number of carbonyl (C=O) groups excluding carboxylic acids is 1. The molecular weight excluding hydrogens is 261 g/mol. The molecule has 0 aromatic rings. The van der Waals surface area contributed by atoms with Crippen molar-refractivity contribution in [3.8, 4) is 0 Å². The molecule has 0 fully saturated rings. The van der Waals surface area contributed by atoms with E-state index in [9.17, 15) is 17.7 Å². The van der Waals surface area contributed by atoms with E-state index in [-0.39, 0.29) is 51.4 Å². The van der Waals surface area contributed by atoms with Crippen LogP contribution in [0.15, 0.2) is 12.1 Å². The van der Waals surface area contributed by atoms with E-state index in [1.807, 2.05) is 0 Å². The molecule has 0 rings (SSSR count). The maximum atomic E-state index is 12.2. The Balaban J connectivity index is 0. The molecule has 0 saturated heterocycles. The van der Waals surface area contributed by atoms with Gasteiger partial charge in [-0.15, -0.1) is 12.1 Å². The van der Waals surface area contributed by atoms with Crippen LogP contribution in [0.1, 0.15) is 20.8 Å². The van der Waals surface area contributed by atoms with Gasteiger partial charge in [0.2, 0.25) is 0 Å². The molecule has 0 saturated carbocycles. The van der Waals surface area contributed by atoms with E-state index < -0.39 is 30.7 Å². The molecule has 17 heavy (non-hydrogen) atoms. The summed E-state index contributed by atoms with van der Waals surface area (Å²) in [5, 5.41) is 0. The Bertz CT molecular complexity index is 289. The van der Waals surface area contributed by atoms with Gasteiger partial charge in [-0.05, 0) is 20.8 Å². The third kappa shape index (κ3) is 9.12. The molecule has 0 N–H and O–H groups in total. The zero-order valence-electron chi connectivity index (χ0n) is 10.9. The zero-order chi connectivity index (χ0) is 13.1. The molecule has 0 aromatic heterocycles. The molecule has 8 heteroatoms. The molecule has 0 aliphatic heterocycles. The van der Waals surface area contributed by atoms with Gasteiger partial charge in [-0.1, -0.05) is 0 Å². The number of amides is 1. The first-order valence-corrected chi connectivity index (χ1v) is 4.75. The predicted octanol–water partition coefficient (Wildman–Crippen LogP) is -0.200. The van der Waals surface area contributed by atoms with Crippen molar-refractivity contribution in [1.29, 1.82) is 0 Å². The van der Waals surface area contributed by atoms with Gasteiger partial charge in [-0.3, -0.25) is 0 Å². The van der Waals surface area contributed by atoms with Crippen LogP contribution in [0.5, 0.6) is 0 Å². The first kappa shape index (κ1) is 19.8. The van der Waals surface area contributed by atoms with Gasteiger partial charge >= 0.3 is 64.5 Å². The van der Waals surface area contributed by atoms with Gasteiger partial charge in [0.05, 0.1) is 0 Å². The van der Waals surface area contributed by atoms with Crippen molar-refractivity contribution >= 4 is 13.1 Å². The van der Waals surface area contributed by atoms with E-state index in [0.29, 0.717) is 0 Å². The van der Waals surface area contributed by atoms with Gasteiger partial charge in [0.1, 0.15) is 5.60 Å². The number of halogens is 3. The summed E-state index contributed by atoms with van der Waals surface area (Å²) in [6, 6.07) is 0. The van der Waals surface area contributed by atoms with Crippen LogP contribution in [-0.2, 0) is 4.74 Å². The van der Waals surface area contributed by atoms with Crippen molar-refractivity contribution in [2.24, 2.45) is 0 Å². The van der Waals surface area contributed by atoms with Crippen molar-refractivity contribution < 1.29 is 73.9 Å². The molecule has 0 unspecified atom stereocenters. The van der Waals surface area contributed by atoms with Crippen LogP contribution in [0.2, 0.25) is 0 Å². The molecule has 0 atom stereocenters. The normalized spacial score (nSPS) is 11.5. The van der Waals surface area contributed by atoms with Crippen molar-refractivity contribution in [2.45, 2.75) is 26.4 Å². The van der Waals surface area contributed by atoms with E-state index in [4.69, 9.17) is 4.74 Å². The fourth-order valence-corrected chi connectivity index (χ4v) is 0.813. The number of hydrogen-bond acceptors (Lipinski definition) is 2. The van der Waals surface area contributed by atoms with Gasteiger partial charge < -0.3 is 22.6 Å². The summed E-state index contributed by atoms with van der Waals surface area (Å²) in [6.45, 7) is 2.14. The molecule has 0 spiro atoms. The third-order valence-electron chi connectivity index (χ3n) is 1.61. The van der Waals surface area contributed by atoms with Crippen LogP contribution in [0.3, 0.4) is 0 Å². The molecule has 1 amide bonds. The second kappa shape index (κ2) is 7.18. The summed E-state index contributed by atoms with van der Waals surface area (Å²) >= 11 is 0. The topological polar surface area (TPSA) is 29.5 Å². The van der Waals surface area contributed by atoms with Crippen molar-refractivity contribution in [3.05, 3.63) is 12.1 Å². The van der Waals surface area contributed by atoms with Gasteiger partial charge in [-0.25, -0.2) is 4.79 Å². The number of carbonyl (C=O) groups is 1. The summed E-state index contributed by atoms with van der Waals surface area (Å²) in [6.07, 6.45) is -0.797. The van der Waals surface area contributed by atoms with Crippen molar-refractivity contribution in [2.75, 3.05) is 13.6 Å². The molecule has 0 aliphatic carbocycles. The number of hydrogen-bond donors (Lipinski definition) is 0. The van der Waals surface area contributed by atoms with E-state index in [1.54, 1.807) is 20.8 Å². The minimum absolute atomic E-state index is 0. The zero-order valence-corrected chi connectivity index (χ0v) is 14.0. The Morgan fingerprint density at radius 1 is 1.35 bits per heavy atom. The first-order valence-electron chi connectivity index (χ1n) is 4.75. The third-order valence-corrected chi connectivity index (χ3v) is 1.61. The fourth-order valence-electron chi connectivity index (χ4n) is 0.813. The minimum atomic E-state index is -5.11.